The van der Waals surface area contributed by atoms with E-state index >= 15 is 0 Å². The van der Waals surface area contributed by atoms with Gasteiger partial charge in [0.15, 0.2) is 0 Å². The van der Waals surface area contributed by atoms with Crippen molar-refractivity contribution in [2.45, 2.75) is 31.7 Å². The number of nitrogens with one attached hydrogen (secondary N) is 1. The second-order valence-electron chi connectivity index (χ2n) is 4.51. The first-order chi connectivity index (χ1) is 6.35. The van der Waals surface area contributed by atoms with Crippen molar-refractivity contribution < 1.29 is 9.84 Å². The molecule has 2 fully saturated rings. The molecule has 1 aliphatic carbocycles. The van der Waals surface area contributed by atoms with Crippen LogP contribution in [0.1, 0.15) is 25.7 Å². The summed E-state index contributed by atoms with van der Waals surface area (Å²) in [5.41, 5.74) is 0.0442. The van der Waals surface area contributed by atoms with Crippen molar-refractivity contribution in [3.05, 3.63) is 0 Å². The van der Waals surface area contributed by atoms with E-state index in [-0.39, 0.29) is 12.0 Å². The zero-order chi connectivity index (χ0) is 9.15. The van der Waals surface area contributed by atoms with Gasteiger partial charge in [0.05, 0.1) is 25.2 Å². The Labute approximate surface area is 79.5 Å². The number of ether oxygens (including phenoxy) is 1. The maximum Gasteiger partial charge on any atom is 0.0579 e. The molecule has 1 saturated carbocycles. The Kier molecular flexibility index (Phi) is 2.86. The molecule has 13 heavy (non-hydrogen) atoms. The summed E-state index contributed by atoms with van der Waals surface area (Å²) < 4.78 is 5.14. The lowest BCUT2D eigenvalue weighted by Gasteiger charge is -2.40. The van der Waals surface area contributed by atoms with Gasteiger partial charge in [-0.1, -0.05) is 12.8 Å². The van der Waals surface area contributed by atoms with Gasteiger partial charge in [-0.3, -0.25) is 0 Å². The van der Waals surface area contributed by atoms with Crippen molar-refractivity contribution in [2.75, 3.05) is 26.4 Å². The molecule has 1 saturated heterocycles. The van der Waals surface area contributed by atoms with Crippen LogP contribution in [0.3, 0.4) is 0 Å². The molecule has 0 unspecified atom stereocenters. The van der Waals surface area contributed by atoms with E-state index in [2.05, 4.69) is 5.32 Å². The van der Waals surface area contributed by atoms with Crippen LogP contribution in [0.4, 0.5) is 0 Å². The highest BCUT2D eigenvalue weighted by atomic mass is 16.5. The molecule has 2 rings (SSSR count). The highest BCUT2D eigenvalue weighted by molar-refractivity contribution is 4.88. The van der Waals surface area contributed by atoms with E-state index in [1.165, 1.54) is 25.7 Å². The van der Waals surface area contributed by atoms with Crippen molar-refractivity contribution >= 4 is 0 Å². The SMILES string of the molecule is OCC1(CNC2CCCC2)COC1. The van der Waals surface area contributed by atoms with Crippen LogP contribution in [0.2, 0.25) is 0 Å². The molecule has 0 amide bonds. The van der Waals surface area contributed by atoms with Gasteiger partial charge in [-0.15, -0.1) is 0 Å². The van der Waals surface area contributed by atoms with E-state index in [1.807, 2.05) is 0 Å². The van der Waals surface area contributed by atoms with Crippen molar-refractivity contribution in [2.24, 2.45) is 5.41 Å². The highest BCUT2D eigenvalue weighted by Crippen LogP contribution is 2.27. The molecule has 0 spiro atoms. The van der Waals surface area contributed by atoms with E-state index in [9.17, 15) is 5.11 Å². The fourth-order valence-electron chi connectivity index (χ4n) is 2.13. The van der Waals surface area contributed by atoms with Crippen molar-refractivity contribution in [1.29, 1.82) is 0 Å². The zero-order valence-electron chi connectivity index (χ0n) is 8.09. The summed E-state index contributed by atoms with van der Waals surface area (Å²) >= 11 is 0. The fourth-order valence-corrected chi connectivity index (χ4v) is 2.13. The molecule has 0 aromatic rings. The predicted molar refractivity (Wildman–Crippen MR) is 50.6 cm³/mol. The zero-order valence-corrected chi connectivity index (χ0v) is 8.09. The lowest BCUT2D eigenvalue weighted by molar-refractivity contribution is -0.135. The van der Waals surface area contributed by atoms with Gasteiger partial charge >= 0.3 is 0 Å². The molecular weight excluding hydrogens is 166 g/mol. The Morgan fingerprint density at radius 3 is 2.46 bits per heavy atom. The number of hydrogen-bond donors (Lipinski definition) is 2. The van der Waals surface area contributed by atoms with Crippen LogP contribution >= 0.6 is 0 Å². The number of aliphatic hydroxyl groups is 1. The van der Waals surface area contributed by atoms with Gasteiger partial charge in [-0.05, 0) is 12.8 Å². The molecule has 2 N–H and O–H groups in total. The largest absolute Gasteiger partial charge is 0.396 e. The van der Waals surface area contributed by atoms with Crippen molar-refractivity contribution in [3.8, 4) is 0 Å². The van der Waals surface area contributed by atoms with Gasteiger partial charge in [0.2, 0.25) is 0 Å². The number of hydrogen-bond acceptors (Lipinski definition) is 3. The number of aliphatic hydroxyl groups excluding tert-OH is 1. The van der Waals surface area contributed by atoms with Gasteiger partial charge in [0.1, 0.15) is 0 Å². The van der Waals surface area contributed by atoms with Crippen LogP contribution in [0.5, 0.6) is 0 Å². The Balaban J connectivity index is 1.71. The van der Waals surface area contributed by atoms with E-state index in [4.69, 9.17) is 4.74 Å². The first-order valence-electron chi connectivity index (χ1n) is 5.27. The third-order valence-electron chi connectivity index (χ3n) is 3.27. The first kappa shape index (κ1) is 9.44. The fraction of sp³-hybridized carbons (Fsp3) is 1.00. The van der Waals surface area contributed by atoms with Gasteiger partial charge < -0.3 is 15.2 Å². The van der Waals surface area contributed by atoms with E-state index in [0.29, 0.717) is 6.04 Å². The van der Waals surface area contributed by atoms with Gasteiger partial charge in [0.25, 0.3) is 0 Å². The van der Waals surface area contributed by atoms with Crippen LogP contribution in [0.15, 0.2) is 0 Å². The molecule has 2 aliphatic rings. The van der Waals surface area contributed by atoms with Crippen LogP contribution in [0, 0.1) is 5.41 Å². The summed E-state index contributed by atoms with van der Waals surface area (Å²) in [5, 5.41) is 12.7. The van der Waals surface area contributed by atoms with E-state index < -0.39 is 0 Å². The standard InChI is InChI=1S/C10H19NO2/c12-6-10(7-13-8-10)5-11-9-3-1-2-4-9/h9,11-12H,1-8H2. The third-order valence-corrected chi connectivity index (χ3v) is 3.27. The molecule has 0 aromatic carbocycles. The minimum absolute atomic E-state index is 0.0442. The molecule has 3 heteroatoms. The molecule has 0 bridgehead atoms. The van der Waals surface area contributed by atoms with Crippen molar-refractivity contribution in [3.63, 3.8) is 0 Å². The van der Waals surface area contributed by atoms with Gasteiger partial charge in [-0.2, -0.15) is 0 Å². The quantitative estimate of drug-likeness (QED) is 0.671. The van der Waals surface area contributed by atoms with Gasteiger partial charge in [-0.25, -0.2) is 0 Å². The smallest absolute Gasteiger partial charge is 0.0579 e. The Hall–Kier alpha value is -0.120. The Morgan fingerprint density at radius 2 is 2.00 bits per heavy atom. The van der Waals surface area contributed by atoms with Crippen LogP contribution in [-0.4, -0.2) is 37.5 Å². The van der Waals surface area contributed by atoms with Gasteiger partial charge in [0, 0.05) is 12.6 Å². The summed E-state index contributed by atoms with van der Waals surface area (Å²) in [4.78, 5) is 0. The predicted octanol–water partition coefficient (Wildman–Crippen LogP) is 0.527. The molecule has 1 heterocycles. The minimum atomic E-state index is 0.0442. The van der Waals surface area contributed by atoms with Crippen molar-refractivity contribution in [1.82, 2.24) is 5.32 Å². The molecule has 76 valence electrons. The molecule has 3 nitrogen and oxygen atoms in total. The maximum atomic E-state index is 9.19. The lowest BCUT2D eigenvalue weighted by atomic mass is 9.87. The second kappa shape index (κ2) is 3.95. The second-order valence-corrected chi connectivity index (χ2v) is 4.51. The topological polar surface area (TPSA) is 41.5 Å². The highest BCUT2D eigenvalue weighted by Gasteiger charge is 2.38. The summed E-state index contributed by atoms with van der Waals surface area (Å²) in [6.45, 7) is 2.63. The summed E-state index contributed by atoms with van der Waals surface area (Å²) in [7, 11) is 0. The molecule has 1 aliphatic heterocycles. The molecule has 0 aromatic heterocycles. The average molecular weight is 185 g/mol. The first-order valence-corrected chi connectivity index (χ1v) is 5.27. The molecular formula is C10H19NO2. The van der Waals surface area contributed by atoms with Crippen LogP contribution < -0.4 is 5.32 Å². The third kappa shape index (κ3) is 2.03. The van der Waals surface area contributed by atoms with E-state index in [1.54, 1.807) is 0 Å². The van der Waals surface area contributed by atoms with Crippen LogP contribution in [-0.2, 0) is 4.74 Å². The summed E-state index contributed by atoms with van der Waals surface area (Å²) in [6.07, 6.45) is 5.34. The Morgan fingerprint density at radius 1 is 1.31 bits per heavy atom. The van der Waals surface area contributed by atoms with Crippen LogP contribution in [0.25, 0.3) is 0 Å². The normalized spacial score (nSPS) is 27.5. The summed E-state index contributed by atoms with van der Waals surface area (Å²) in [5.74, 6) is 0. The summed E-state index contributed by atoms with van der Waals surface area (Å²) in [6, 6.07) is 0.698. The molecule has 0 atom stereocenters. The monoisotopic (exact) mass is 185 g/mol. The maximum absolute atomic E-state index is 9.19. The Bertz CT molecular complexity index is 157. The average Bonchev–Trinajstić information content (AvgIpc) is 2.56. The number of rotatable bonds is 4. The van der Waals surface area contributed by atoms with E-state index in [0.717, 1.165) is 19.8 Å². The minimum Gasteiger partial charge on any atom is -0.396 e. The lowest BCUT2D eigenvalue weighted by Crippen LogP contribution is -2.53. The molecule has 0 radical (unpaired) electrons.